The number of rotatable bonds is 5. The minimum atomic E-state index is -1.04. The number of carbonyl (C=O) groups is 1. The van der Waals surface area contributed by atoms with Gasteiger partial charge in [-0.2, -0.15) is 0 Å². The first-order valence-electron chi connectivity index (χ1n) is 7.31. The molecule has 0 amide bonds. The van der Waals surface area contributed by atoms with Crippen LogP contribution in [-0.4, -0.2) is 16.4 Å². The Bertz CT molecular complexity index is 729. The minimum Gasteiger partial charge on any atom is -0.480 e. The number of hydrogen-bond acceptors (Lipinski definition) is 1. The summed E-state index contributed by atoms with van der Waals surface area (Å²) in [6, 6.07) is 13.4. The third kappa shape index (κ3) is 2.19. The molecule has 4 heteroatoms. The molecular weight excluding hydrogens is 364 g/mol. The summed E-state index contributed by atoms with van der Waals surface area (Å²) >= 11 is 9.85. The van der Waals surface area contributed by atoms with Crippen molar-refractivity contribution in [2.24, 2.45) is 0 Å². The second-order valence-corrected chi connectivity index (χ2v) is 6.76. The van der Waals surface area contributed by atoms with Gasteiger partial charge in [-0.3, -0.25) is 4.79 Å². The van der Waals surface area contributed by atoms with Crippen LogP contribution in [0.1, 0.15) is 30.4 Å². The van der Waals surface area contributed by atoms with Gasteiger partial charge in [-0.25, -0.2) is 0 Å². The van der Waals surface area contributed by atoms with Crippen LogP contribution in [0.2, 0.25) is 5.02 Å². The Kier molecular flexibility index (Phi) is 4.28. The van der Waals surface area contributed by atoms with E-state index in [1.54, 1.807) is 6.07 Å². The monoisotopic (exact) mass is 378 g/mol. The molecule has 1 aliphatic carbocycles. The average Bonchev–Trinajstić information content (AvgIpc) is 2.81. The lowest BCUT2D eigenvalue weighted by atomic mass is 9.74. The fourth-order valence-corrected chi connectivity index (χ4v) is 4.21. The third-order valence-corrected chi connectivity index (χ3v) is 5.29. The summed E-state index contributed by atoms with van der Waals surface area (Å²) in [5.41, 5.74) is 2.51. The molecule has 2 aromatic rings. The number of unbranched alkanes of at least 4 members (excludes halogenated alkanes) is 1. The Balaban J connectivity index is 2.26. The lowest BCUT2D eigenvalue weighted by Crippen LogP contribution is -2.35. The van der Waals surface area contributed by atoms with Gasteiger partial charge in [0.15, 0.2) is 0 Å². The molecule has 0 aliphatic heterocycles. The molecule has 114 valence electrons. The highest BCUT2D eigenvalue weighted by Crippen LogP contribution is 2.53. The van der Waals surface area contributed by atoms with Crippen LogP contribution in [0.3, 0.4) is 0 Å². The molecule has 0 aromatic heterocycles. The van der Waals surface area contributed by atoms with Crippen LogP contribution < -0.4 is 0 Å². The van der Waals surface area contributed by atoms with E-state index in [0.717, 1.165) is 40.4 Å². The Hall–Kier alpha value is -1.32. The van der Waals surface area contributed by atoms with Gasteiger partial charge in [-0.05, 0) is 35.6 Å². The molecule has 0 fully saturated rings. The van der Waals surface area contributed by atoms with Crippen molar-refractivity contribution in [2.75, 3.05) is 5.33 Å². The van der Waals surface area contributed by atoms with E-state index in [1.807, 2.05) is 36.4 Å². The normalized spacial score (nSPS) is 18.8. The standard InChI is InChI=1S/C18H16BrClO2/c19-11-4-3-10-18(17(21)22)14-8-2-1-6-12(14)13-7-5-9-15(20)16(13)18/h1-2,5-9H,3-4,10-11H2,(H,21,22). The number of benzene rings is 2. The zero-order chi connectivity index (χ0) is 15.7. The predicted octanol–water partition coefficient (Wildman–Crippen LogP) is 5.26. The minimum absolute atomic E-state index is 0.537. The van der Waals surface area contributed by atoms with Gasteiger partial charge in [-0.1, -0.05) is 70.3 Å². The van der Waals surface area contributed by atoms with Gasteiger partial charge in [0.1, 0.15) is 5.41 Å². The smallest absolute Gasteiger partial charge is 0.318 e. The average molecular weight is 380 g/mol. The topological polar surface area (TPSA) is 37.3 Å². The number of carboxylic acid groups (broad SMARTS) is 1. The van der Waals surface area contributed by atoms with Crippen LogP contribution in [0.25, 0.3) is 11.1 Å². The van der Waals surface area contributed by atoms with Gasteiger partial charge >= 0.3 is 5.97 Å². The van der Waals surface area contributed by atoms with Crippen molar-refractivity contribution in [2.45, 2.75) is 24.7 Å². The molecule has 3 rings (SSSR count). The Morgan fingerprint density at radius 3 is 2.55 bits per heavy atom. The molecule has 2 nitrogen and oxygen atoms in total. The van der Waals surface area contributed by atoms with Gasteiger partial charge in [0, 0.05) is 15.9 Å². The molecular formula is C18H16BrClO2. The summed E-state index contributed by atoms with van der Waals surface area (Å²) in [4.78, 5) is 12.3. The molecule has 0 saturated heterocycles. The second-order valence-electron chi connectivity index (χ2n) is 5.56. The molecule has 1 atom stereocenters. The van der Waals surface area contributed by atoms with Crippen LogP contribution in [0.5, 0.6) is 0 Å². The number of halogens is 2. The van der Waals surface area contributed by atoms with Crippen LogP contribution in [0, 0.1) is 0 Å². The summed E-state index contributed by atoms with van der Waals surface area (Å²) in [5, 5.41) is 11.5. The van der Waals surface area contributed by atoms with Gasteiger partial charge in [0.2, 0.25) is 0 Å². The Morgan fingerprint density at radius 2 is 1.82 bits per heavy atom. The van der Waals surface area contributed by atoms with E-state index in [4.69, 9.17) is 11.6 Å². The summed E-state index contributed by atoms with van der Waals surface area (Å²) in [6.07, 6.45) is 2.33. The zero-order valence-electron chi connectivity index (χ0n) is 12.0. The molecule has 22 heavy (non-hydrogen) atoms. The van der Waals surface area contributed by atoms with Gasteiger partial charge < -0.3 is 5.11 Å². The van der Waals surface area contributed by atoms with Crippen LogP contribution in [0.4, 0.5) is 0 Å². The first kappa shape index (κ1) is 15.6. The summed E-state index contributed by atoms with van der Waals surface area (Å²) in [5.74, 6) is -0.818. The fraction of sp³-hybridized carbons (Fsp3) is 0.278. The first-order valence-corrected chi connectivity index (χ1v) is 8.81. The van der Waals surface area contributed by atoms with Gasteiger partial charge in [-0.15, -0.1) is 0 Å². The number of fused-ring (bicyclic) bond motifs is 3. The first-order chi connectivity index (χ1) is 10.6. The number of carboxylic acids is 1. The Morgan fingerprint density at radius 1 is 1.09 bits per heavy atom. The van der Waals surface area contributed by atoms with Crippen LogP contribution >= 0.6 is 27.5 Å². The van der Waals surface area contributed by atoms with E-state index in [0.29, 0.717) is 11.4 Å². The van der Waals surface area contributed by atoms with Crippen molar-refractivity contribution in [3.63, 3.8) is 0 Å². The van der Waals surface area contributed by atoms with E-state index in [-0.39, 0.29) is 0 Å². The Labute approximate surface area is 143 Å². The molecule has 0 heterocycles. The molecule has 0 saturated carbocycles. The third-order valence-electron chi connectivity index (χ3n) is 4.42. The summed E-state index contributed by atoms with van der Waals surface area (Å²) in [6.45, 7) is 0. The highest BCUT2D eigenvalue weighted by Gasteiger charge is 2.50. The second kappa shape index (κ2) is 6.05. The van der Waals surface area contributed by atoms with Gasteiger partial charge in [0.25, 0.3) is 0 Å². The quantitative estimate of drug-likeness (QED) is 0.568. The van der Waals surface area contributed by atoms with Crippen molar-refractivity contribution in [1.29, 1.82) is 0 Å². The molecule has 1 aliphatic rings. The number of aliphatic carboxylic acids is 1. The summed E-state index contributed by atoms with van der Waals surface area (Å²) in [7, 11) is 0. The van der Waals surface area contributed by atoms with Crippen molar-refractivity contribution >= 4 is 33.5 Å². The van der Waals surface area contributed by atoms with E-state index >= 15 is 0 Å². The number of hydrogen-bond donors (Lipinski definition) is 1. The van der Waals surface area contributed by atoms with E-state index < -0.39 is 11.4 Å². The van der Waals surface area contributed by atoms with Crippen LogP contribution in [0.15, 0.2) is 42.5 Å². The highest BCUT2D eigenvalue weighted by atomic mass is 79.9. The zero-order valence-corrected chi connectivity index (χ0v) is 14.3. The molecule has 1 unspecified atom stereocenters. The molecule has 0 spiro atoms. The van der Waals surface area contributed by atoms with Crippen molar-refractivity contribution < 1.29 is 9.90 Å². The maximum atomic E-state index is 12.3. The van der Waals surface area contributed by atoms with Gasteiger partial charge in [0.05, 0.1) is 0 Å². The van der Waals surface area contributed by atoms with Crippen LogP contribution in [-0.2, 0) is 10.2 Å². The lowest BCUT2D eigenvalue weighted by molar-refractivity contribution is -0.142. The maximum absolute atomic E-state index is 12.3. The SMILES string of the molecule is O=C(O)C1(CCCCBr)c2ccccc2-c2cccc(Cl)c21. The molecule has 2 aromatic carbocycles. The largest absolute Gasteiger partial charge is 0.480 e. The number of alkyl halides is 1. The van der Waals surface area contributed by atoms with Crippen molar-refractivity contribution in [3.8, 4) is 11.1 Å². The molecule has 0 bridgehead atoms. The van der Waals surface area contributed by atoms with E-state index in [9.17, 15) is 9.90 Å². The lowest BCUT2D eigenvalue weighted by Gasteiger charge is -2.28. The fourth-order valence-electron chi connectivity index (χ4n) is 3.48. The maximum Gasteiger partial charge on any atom is 0.318 e. The molecule has 0 radical (unpaired) electrons. The van der Waals surface area contributed by atoms with Crippen molar-refractivity contribution in [1.82, 2.24) is 0 Å². The molecule has 1 N–H and O–H groups in total. The van der Waals surface area contributed by atoms with E-state index in [1.165, 1.54) is 0 Å². The predicted molar refractivity (Wildman–Crippen MR) is 92.9 cm³/mol. The summed E-state index contributed by atoms with van der Waals surface area (Å²) < 4.78 is 0. The van der Waals surface area contributed by atoms with E-state index in [2.05, 4.69) is 15.9 Å². The van der Waals surface area contributed by atoms with Crippen molar-refractivity contribution in [3.05, 3.63) is 58.6 Å². The highest BCUT2D eigenvalue weighted by molar-refractivity contribution is 9.09.